The molecule has 0 aliphatic carbocycles. The first-order valence-electron chi connectivity index (χ1n) is 38.2. The molecule has 15 atom stereocenters. The third-order valence-electron chi connectivity index (χ3n) is 20.0. The van der Waals surface area contributed by atoms with Crippen LogP contribution in [0.4, 0.5) is 0 Å². The van der Waals surface area contributed by atoms with Gasteiger partial charge in [-0.25, -0.2) is 0 Å². The number of rotatable bonds is 44. The number of carbonyl (C=O) groups excluding carboxylic acids is 6. The molecule has 3 fully saturated rings. The fourth-order valence-corrected chi connectivity index (χ4v) is 16.4. The van der Waals surface area contributed by atoms with Crippen LogP contribution in [0.25, 0.3) is 0 Å². The Morgan fingerprint density at radius 2 is 0.574 bits per heavy atom. The third-order valence-corrected chi connectivity index (χ3v) is 20.0. The molecule has 3 aliphatic rings. The number of hydrogen-bond acceptors (Lipinski definition) is 24. The smallest absolute Gasteiger partial charge is 0.225 e. The maximum Gasteiger partial charge on any atom is 0.225 e. The number of hydrogen-bond donors (Lipinski definition) is 15. The van der Waals surface area contributed by atoms with Crippen LogP contribution in [0.5, 0.6) is 0 Å². The first-order chi connectivity index (χ1) is 48.9. The highest BCUT2D eigenvalue weighted by Gasteiger charge is 2.51. The van der Waals surface area contributed by atoms with Gasteiger partial charge in [0.2, 0.25) is 35.4 Å². The fraction of sp³-hybridized carbons (Fsp3) is 0.923. The van der Waals surface area contributed by atoms with E-state index in [1.165, 1.54) is 20.8 Å². The lowest BCUT2D eigenvalue weighted by molar-refractivity contribution is -0.276. The van der Waals surface area contributed by atoms with Gasteiger partial charge in [0.15, 0.2) is 18.9 Å². The van der Waals surface area contributed by atoms with Crippen LogP contribution in [0.3, 0.4) is 0 Å². The van der Waals surface area contributed by atoms with Gasteiger partial charge in [0.25, 0.3) is 0 Å². The van der Waals surface area contributed by atoms with Crippen molar-refractivity contribution >= 4 is 35.4 Å². The molecule has 15 unspecified atom stereocenters. The van der Waals surface area contributed by atoms with E-state index in [0.29, 0.717) is 32.4 Å². The van der Waals surface area contributed by atoms with E-state index in [0.717, 1.165) is 0 Å². The van der Waals surface area contributed by atoms with Gasteiger partial charge in [-0.1, -0.05) is 125 Å². The second-order valence-corrected chi connectivity index (χ2v) is 39.6. The van der Waals surface area contributed by atoms with Crippen molar-refractivity contribution < 1.29 is 117 Å². The average Bonchev–Trinajstić information content (AvgIpc) is 0.839. The molecule has 0 aromatic carbocycles. The number of aliphatic hydroxyl groups is 9. The lowest BCUT2D eigenvalue weighted by atomic mass is 9.75. The van der Waals surface area contributed by atoms with Crippen LogP contribution < -0.4 is 31.9 Å². The van der Waals surface area contributed by atoms with E-state index in [1.54, 1.807) is 0 Å². The molecule has 0 aromatic rings. The van der Waals surface area contributed by atoms with Gasteiger partial charge in [0.1, 0.15) is 79.2 Å². The summed E-state index contributed by atoms with van der Waals surface area (Å²) in [6.07, 6.45) is -14.0. The van der Waals surface area contributed by atoms with Gasteiger partial charge in [0.05, 0.1) is 69.7 Å². The molecule has 3 heterocycles. The summed E-state index contributed by atoms with van der Waals surface area (Å²) >= 11 is 0. The molecular weight excluding hydrogens is 1400 g/mol. The highest BCUT2D eigenvalue weighted by Crippen LogP contribution is 2.41. The molecule has 0 spiro atoms. The van der Waals surface area contributed by atoms with Crippen molar-refractivity contribution in [1.82, 2.24) is 31.9 Å². The molecule has 3 rings (SSSR count). The molecule has 0 bridgehead atoms. The van der Waals surface area contributed by atoms with E-state index in [1.807, 2.05) is 166 Å². The number of amides is 6. The zero-order valence-electron chi connectivity index (χ0n) is 70.4. The molecule has 3 aliphatic heterocycles. The van der Waals surface area contributed by atoms with Gasteiger partial charge in [-0.15, -0.1) is 0 Å². The summed E-state index contributed by atoms with van der Waals surface area (Å²) in [5.41, 5.74) is -8.82. The Hall–Kier alpha value is -3.90. The summed E-state index contributed by atoms with van der Waals surface area (Å²) in [5, 5.41) is 111. The summed E-state index contributed by atoms with van der Waals surface area (Å²) in [4.78, 5) is 79.3. The highest BCUT2D eigenvalue weighted by molar-refractivity contribution is 5.83. The lowest BCUT2D eigenvalue weighted by Crippen LogP contribution is -2.64. The van der Waals surface area contributed by atoms with Crippen molar-refractivity contribution in [2.45, 2.75) is 340 Å². The minimum Gasteiger partial charge on any atom is -0.394 e. The van der Waals surface area contributed by atoms with Gasteiger partial charge in [0, 0.05) is 56.7 Å². The Morgan fingerprint density at radius 3 is 0.796 bits per heavy atom. The summed E-state index contributed by atoms with van der Waals surface area (Å²) in [5.74, 6) is -2.05. The number of ether oxygens (including phenoxy) is 9. The van der Waals surface area contributed by atoms with Gasteiger partial charge < -0.3 is 120 Å². The van der Waals surface area contributed by atoms with Crippen molar-refractivity contribution in [2.75, 3.05) is 72.5 Å². The normalized spacial score (nSPS) is 26.6. The SMILES string of the molecule is CC(=O)NC1C(OCC(C)(C)CC(C)(C)CNC(=O)C(C)(C)CC(C)(C)OCC(COC(C)(C)CC(C)(C)C(=O)NCC(C)(C)CC(C)(C)COC2OC(CO)C(O)C(O)C2NC(C)=O)OC(C)(C)CC(C)(C)C(=O)NCC(C)(C)CC(C)(C)COC2OC(CO)C(O)C(O)C2NC(C)=O)OC(CO)C(O)C1O. The monoisotopic (exact) mass is 1550 g/mol. The molecule has 108 heavy (non-hydrogen) atoms. The molecule has 0 radical (unpaired) electrons. The van der Waals surface area contributed by atoms with Crippen LogP contribution in [-0.2, 0) is 71.4 Å². The van der Waals surface area contributed by atoms with Crippen LogP contribution in [0, 0.1) is 48.7 Å². The Bertz CT molecular complexity index is 2760. The van der Waals surface area contributed by atoms with Crippen molar-refractivity contribution in [2.24, 2.45) is 48.7 Å². The van der Waals surface area contributed by atoms with Gasteiger partial charge in [-0.3, -0.25) is 28.8 Å². The average molecular weight is 1550 g/mol. The van der Waals surface area contributed by atoms with Gasteiger partial charge >= 0.3 is 0 Å². The van der Waals surface area contributed by atoms with Crippen LogP contribution in [0.15, 0.2) is 0 Å². The predicted octanol–water partition coefficient (Wildman–Crippen LogP) is 3.55. The minimum atomic E-state index is -1.46. The Kier molecular flexibility index (Phi) is 35.5. The molecular formula is C78H146N6O24. The Labute approximate surface area is 643 Å². The molecule has 632 valence electrons. The maximum absolute atomic E-state index is 14.4. The first-order valence-corrected chi connectivity index (χ1v) is 38.2. The predicted molar refractivity (Wildman–Crippen MR) is 404 cm³/mol. The number of nitrogens with one attached hydrogen (secondary N) is 6. The number of carbonyl (C=O) groups is 6. The highest BCUT2D eigenvalue weighted by atomic mass is 16.7. The largest absolute Gasteiger partial charge is 0.394 e. The van der Waals surface area contributed by atoms with E-state index in [9.17, 15) is 74.7 Å². The quantitative estimate of drug-likeness (QED) is 0.0415. The Balaban J connectivity index is 1.81. The third kappa shape index (κ3) is 31.8. The molecule has 0 saturated carbocycles. The molecule has 30 heteroatoms. The molecule has 30 nitrogen and oxygen atoms in total. The topological polar surface area (TPSA) is 440 Å². The standard InChI is InChI=1S/C78H146N6O24/c1-45(88)82-52-58(94)55(91)49(28-85)105-61(52)100-42-70(10,11)33-67(4,5)39-79-64(97)73(16,17)36-76(22,23)103-31-48(108-78(26,27)38-75(20,21)66(99)81-41-69(8,9)35-72(14,15)44-102-63-54(84-47(3)90)60(96)57(93)51(30-87)107-63)32-104-77(24,25)37-74(18,19)65(98)80-40-68(6,7)34-71(12,13)43-101-62-53(83-46(2)89)59(95)56(92)50(29-86)106-62/h48-63,85-87,91-96H,28-44H2,1-27H3,(H,79,97)(H,80,98)(H,81,99)(H,82,88)(H,83,89)(H,84,90). The van der Waals surface area contributed by atoms with Crippen molar-refractivity contribution in [3.63, 3.8) is 0 Å². The molecule has 15 N–H and O–H groups in total. The van der Waals surface area contributed by atoms with Gasteiger partial charge in [-0.2, -0.15) is 0 Å². The van der Waals surface area contributed by atoms with Crippen molar-refractivity contribution in [3.8, 4) is 0 Å². The van der Waals surface area contributed by atoms with E-state index in [4.69, 9.17) is 42.6 Å². The lowest BCUT2D eigenvalue weighted by Gasteiger charge is -2.43. The van der Waals surface area contributed by atoms with Gasteiger partial charge in [-0.05, 0) is 113 Å². The summed E-state index contributed by atoms with van der Waals surface area (Å²) in [6.45, 7) is 49.7. The first kappa shape index (κ1) is 98.3. The zero-order chi connectivity index (χ0) is 83.3. The minimum absolute atomic E-state index is 0.00411. The number of aliphatic hydroxyl groups excluding tert-OH is 9. The molecule has 6 amide bonds. The summed E-state index contributed by atoms with van der Waals surface area (Å²) < 4.78 is 56.5. The second-order valence-electron chi connectivity index (χ2n) is 39.6. The second kappa shape index (κ2) is 39.0. The maximum atomic E-state index is 14.4. The molecule has 3 saturated heterocycles. The van der Waals surface area contributed by atoms with Crippen LogP contribution in [-0.4, -0.2) is 269 Å². The molecule has 0 aromatic heterocycles. The fourth-order valence-electron chi connectivity index (χ4n) is 16.4. The van der Waals surface area contributed by atoms with Crippen molar-refractivity contribution in [1.29, 1.82) is 0 Å². The Morgan fingerprint density at radius 1 is 0.343 bits per heavy atom. The summed E-state index contributed by atoms with van der Waals surface area (Å²) in [7, 11) is 0. The van der Waals surface area contributed by atoms with Crippen LogP contribution in [0.1, 0.15) is 225 Å². The summed E-state index contributed by atoms with van der Waals surface area (Å²) in [6, 6.07) is -3.30. The van der Waals surface area contributed by atoms with Crippen LogP contribution >= 0.6 is 0 Å². The van der Waals surface area contributed by atoms with Crippen LogP contribution in [0.2, 0.25) is 0 Å². The van der Waals surface area contributed by atoms with E-state index in [2.05, 4.69) is 31.9 Å². The van der Waals surface area contributed by atoms with E-state index < -0.39 is 201 Å². The van der Waals surface area contributed by atoms with Crippen molar-refractivity contribution in [3.05, 3.63) is 0 Å². The van der Waals surface area contributed by atoms with E-state index in [-0.39, 0.29) is 76.6 Å². The zero-order valence-corrected chi connectivity index (χ0v) is 70.4. The van der Waals surface area contributed by atoms with E-state index >= 15 is 0 Å².